The molecule has 0 fully saturated rings. The zero-order valence-corrected chi connectivity index (χ0v) is 9.83. The lowest BCUT2D eigenvalue weighted by Crippen LogP contribution is -2.34. The summed E-state index contributed by atoms with van der Waals surface area (Å²) in [7, 11) is 2.82. The monoisotopic (exact) mass is 233 g/mol. The van der Waals surface area contributed by atoms with Crippen LogP contribution in [0.5, 0.6) is 0 Å². The van der Waals surface area contributed by atoms with Gasteiger partial charge in [0, 0.05) is 7.05 Å². The Kier molecular flexibility index (Phi) is 3.77. The average Bonchev–Trinajstić information content (AvgIpc) is 2.44. The minimum Gasteiger partial charge on any atom is -0.462 e. The number of esters is 1. The van der Waals surface area contributed by atoms with E-state index in [0.29, 0.717) is 0 Å². The van der Waals surface area contributed by atoms with Crippen molar-refractivity contribution in [1.82, 2.24) is 4.90 Å². The van der Waals surface area contributed by atoms with Crippen molar-refractivity contribution in [3.8, 4) is 0 Å². The Balaban J connectivity index is 2.93. The predicted molar refractivity (Wildman–Crippen MR) is 60.5 cm³/mol. The molecule has 6 heteroatoms. The number of ether oxygens (including phenoxy) is 1. The minimum absolute atomic E-state index is 0.152. The maximum Gasteiger partial charge on any atom is 0.354 e. The number of thioether (sulfide) groups is 1. The summed E-state index contributed by atoms with van der Waals surface area (Å²) >= 11 is 1.44. The first-order valence-electron chi connectivity index (χ1n) is 4.02. The van der Waals surface area contributed by atoms with Gasteiger partial charge in [0.15, 0.2) is 4.86 Å². The standard InChI is InChI=1S/C8H11NO3S2/c1-4-12-7(11)5-6(10)9(2)8(13-3)14-5/h4H2,1-3H3. The van der Waals surface area contributed by atoms with Gasteiger partial charge in [-0.05, 0) is 13.2 Å². The second-order valence-electron chi connectivity index (χ2n) is 2.49. The summed E-state index contributed by atoms with van der Waals surface area (Å²) in [6.45, 7) is 2.00. The Hall–Kier alpha value is -0.750. The number of carbonyl (C=O) groups is 2. The fourth-order valence-corrected chi connectivity index (χ4v) is 2.64. The van der Waals surface area contributed by atoms with E-state index in [9.17, 15) is 9.59 Å². The molecule has 0 aliphatic carbocycles. The lowest BCUT2D eigenvalue weighted by atomic mass is 10.4. The van der Waals surface area contributed by atoms with Gasteiger partial charge in [0.2, 0.25) is 0 Å². The molecule has 1 rings (SSSR count). The van der Waals surface area contributed by atoms with Crippen LogP contribution in [-0.4, -0.2) is 45.9 Å². The van der Waals surface area contributed by atoms with Crippen LogP contribution in [0.15, 0.2) is 0 Å². The predicted octanol–water partition coefficient (Wildman–Crippen LogP) is 0.377. The first kappa shape index (κ1) is 11.3. The van der Waals surface area contributed by atoms with Gasteiger partial charge in [0.05, 0.1) is 6.61 Å². The molecule has 4 nitrogen and oxygen atoms in total. The largest absolute Gasteiger partial charge is 0.462 e. The third-order valence-corrected chi connectivity index (χ3v) is 3.96. The Morgan fingerprint density at radius 3 is 2.71 bits per heavy atom. The van der Waals surface area contributed by atoms with E-state index in [-0.39, 0.29) is 17.4 Å². The Morgan fingerprint density at radius 1 is 1.64 bits per heavy atom. The van der Waals surface area contributed by atoms with Crippen LogP contribution in [-0.2, 0) is 14.3 Å². The fourth-order valence-electron chi connectivity index (χ4n) is 0.939. The number of rotatable bonds is 2. The molecule has 0 spiro atoms. The molecule has 0 aromatic carbocycles. The first-order chi connectivity index (χ1) is 6.61. The second kappa shape index (κ2) is 4.65. The van der Waals surface area contributed by atoms with Crippen molar-refractivity contribution in [2.45, 2.75) is 6.92 Å². The van der Waals surface area contributed by atoms with E-state index >= 15 is 0 Å². The number of nitrogens with zero attached hydrogens (tertiary/aromatic N) is 1. The maximum absolute atomic E-state index is 11.5. The molecule has 0 radical (unpaired) electrons. The molecular weight excluding hydrogens is 222 g/mol. The molecule has 0 N–H and O–H groups in total. The van der Waals surface area contributed by atoms with Gasteiger partial charge in [-0.25, -0.2) is 4.79 Å². The van der Waals surface area contributed by atoms with Gasteiger partial charge < -0.3 is 4.74 Å². The second-order valence-corrected chi connectivity index (χ2v) is 4.54. The van der Waals surface area contributed by atoms with Gasteiger partial charge in [-0.15, -0.1) is 11.8 Å². The van der Waals surface area contributed by atoms with Gasteiger partial charge >= 0.3 is 5.97 Å². The summed E-state index contributed by atoms with van der Waals surface area (Å²) in [6.07, 6.45) is 1.86. The SMILES string of the molecule is CCOC(=O)C1=S=C(SC)N(C)C1=O. The fraction of sp³-hybridized carbons (Fsp3) is 0.500. The number of carbonyl (C=O) groups excluding carboxylic acids is 2. The highest BCUT2D eigenvalue weighted by molar-refractivity contribution is 8.27. The van der Waals surface area contributed by atoms with Gasteiger partial charge in [0.1, 0.15) is 4.32 Å². The Morgan fingerprint density at radius 2 is 2.29 bits per heavy atom. The van der Waals surface area contributed by atoms with Gasteiger partial charge in [-0.1, -0.05) is 10.9 Å². The van der Waals surface area contributed by atoms with Crippen LogP contribution in [0, 0.1) is 0 Å². The molecular formula is C8H11NO3S2. The van der Waals surface area contributed by atoms with Gasteiger partial charge in [0.25, 0.3) is 5.91 Å². The highest BCUT2D eigenvalue weighted by atomic mass is 32.2. The maximum atomic E-state index is 11.5. The van der Waals surface area contributed by atoms with Crippen LogP contribution in [0.4, 0.5) is 0 Å². The molecule has 1 aliphatic heterocycles. The molecule has 1 heterocycles. The van der Waals surface area contributed by atoms with Gasteiger partial charge in [-0.3, -0.25) is 9.69 Å². The van der Waals surface area contributed by atoms with Crippen LogP contribution < -0.4 is 0 Å². The molecule has 1 aliphatic rings. The van der Waals surface area contributed by atoms with Crippen molar-refractivity contribution in [2.24, 2.45) is 0 Å². The summed E-state index contributed by atoms with van der Waals surface area (Å²) in [5.74, 6) is -0.809. The van der Waals surface area contributed by atoms with Crippen molar-refractivity contribution in [2.75, 3.05) is 19.9 Å². The van der Waals surface area contributed by atoms with E-state index in [1.807, 2.05) is 6.26 Å². The minimum atomic E-state index is -0.529. The molecule has 0 aromatic rings. The highest BCUT2D eigenvalue weighted by Gasteiger charge is 2.30. The molecule has 78 valence electrons. The van der Waals surface area contributed by atoms with Crippen LogP contribution in [0.25, 0.3) is 0 Å². The van der Waals surface area contributed by atoms with E-state index in [4.69, 9.17) is 4.74 Å². The number of amides is 1. The molecule has 0 saturated heterocycles. The average molecular weight is 233 g/mol. The molecule has 14 heavy (non-hydrogen) atoms. The molecule has 0 unspecified atom stereocenters. The lowest BCUT2D eigenvalue weighted by Gasteiger charge is -2.10. The summed E-state index contributed by atoms with van der Waals surface area (Å²) in [6, 6.07) is 0. The van der Waals surface area contributed by atoms with Crippen LogP contribution in [0.1, 0.15) is 6.92 Å². The van der Waals surface area contributed by atoms with Crippen molar-refractivity contribution >= 4 is 43.8 Å². The normalized spacial score (nSPS) is 15.9. The molecule has 0 saturated carbocycles. The van der Waals surface area contributed by atoms with E-state index < -0.39 is 5.97 Å². The van der Waals surface area contributed by atoms with Crippen LogP contribution >= 0.6 is 22.7 Å². The van der Waals surface area contributed by atoms with Crippen molar-refractivity contribution in [3.05, 3.63) is 0 Å². The zero-order valence-electron chi connectivity index (χ0n) is 8.20. The summed E-state index contributed by atoms with van der Waals surface area (Å²) in [5.41, 5.74) is 0. The topological polar surface area (TPSA) is 46.6 Å². The van der Waals surface area contributed by atoms with E-state index in [2.05, 4.69) is 0 Å². The number of hydrogen-bond acceptors (Lipinski definition) is 4. The smallest absolute Gasteiger partial charge is 0.354 e. The zero-order chi connectivity index (χ0) is 10.7. The highest BCUT2D eigenvalue weighted by Crippen LogP contribution is 2.13. The third kappa shape index (κ3) is 2.01. The van der Waals surface area contributed by atoms with Crippen LogP contribution in [0.3, 0.4) is 0 Å². The van der Waals surface area contributed by atoms with Crippen molar-refractivity contribution < 1.29 is 14.3 Å². The van der Waals surface area contributed by atoms with Gasteiger partial charge in [-0.2, -0.15) is 0 Å². The lowest BCUT2D eigenvalue weighted by molar-refractivity contribution is -0.135. The van der Waals surface area contributed by atoms with E-state index in [0.717, 1.165) is 4.32 Å². The summed E-state index contributed by atoms with van der Waals surface area (Å²) in [5, 5.41) is 0. The molecule has 0 atom stereocenters. The van der Waals surface area contributed by atoms with Crippen molar-refractivity contribution in [1.29, 1.82) is 0 Å². The Bertz CT molecular complexity index is 344. The third-order valence-electron chi connectivity index (χ3n) is 1.60. The summed E-state index contributed by atoms with van der Waals surface area (Å²) < 4.78 is 5.57. The van der Waals surface area contributed by atoms with E-state index in [1.54, 1.807) is 14.0 Å². The van der Waals surface area contributed by atoms with E-state index in [1.165, 1.54) is 27.6 Å². The molecule has 1 amide bonds. The molecule has 0 aromatic heterocycles. The first-order valence-corrected chi connectivity index (χ1v) is 6.06. The summed E-state index contributed by atoms with van der Waals surface area (Å²) in [4.78, 5) is 24.4. The van der Waals surface area contributed by atoms with Crippen LogP contribution in [0.2, 0.25) is 0 Å². The molecule has 0 bridgehead atoms. The number of hydrogen-bond donors (Lipinski definition) is 0. The van der Waals surface area contributed by atoms with Crippen molar-refractivity contribution in [3.63, 3.8) is 0 Å². The quantitative estimate of drug-likeness (QED) is 0.511. The Labute approximate surface area is 90.1 Å².